The number of rotatable bonds is 5. The molecule has 0 bridgehead atoms. The number of sulfone groups is 1. The van der Waals surface area contributed by atoms with Crippen molar-refractivity contribution in [2.75, 3.05) is 11.1 Å². The molecule has 1 aromatic carbocycles. The molecule has 130 valence electrons. The summed E-state index contributed by atoms with van der Waals surface area (Å²) in [4.78, 5) is 12.4. The van der Waals surface area contributed by atoms with E-state index in [0.29, 0.717) is 0 Å². The number of anilines is 1. The van der Waals surface area contributed by atoms with Crippen LogP contribution in [-0.2, 0) is 14.6 Å². The van der Waals surface area contributed by atoms with Gasteiger partial charge in [-0.3, -0.25) is 9.48 Å². The molecule has 0 radical (unpaired) electrons. The summed E-state index contributed by atoms with van der Waals surface area (Å²) < 4.78 is 26.1. The van der Waals surface area contributed by atoms with Gasteiger partial charge in [0, 0.05) is 6.20 Å². The molecule has 0 fully saturated rings. The molecule has 0 aliphatic heterocycles. The van der Waals surface area contributed by atoms with E-state index >= 15 is 0 Å². The molecular weight excluding hydrogens is 398 g/mol. The van der Waals surface area contributed by atoms with Gasteiger partial charge < -0.3 is 10.4 Å². The Morgan fingerprint density at radius 3 is 2.67 bits per heavy atom. The third-order valence-corrected chi connectivity index (χ3v) is 6.11. The number of hydrogen-bond donors (Lipinski definition) is 2. The molecule has 0 spiro atoms. The molecule has 2 aromatic rings. The number of benzene rings is 1. The highest BCUT2D eigenvalue weighted by molar-refractivity contribution is 9.10. The van der Waals surface area contributed by atoms with Gasteiger partial charge in [0.05, 0.1) is 26.5 Å². The van der Waals surface area contributed by atoms with Crippen molar-refractivity contribution in [3.63, 3.8) is 0 Å². The Labute approximate surface area is 148 Å². The van der Waals surface area contributed by atoms with Crippen LogP contribution in [0.3, 0.4) is 0 Å². The Balaban J connectivity index is 2.27. The molecule has 0 saturated heterocycles. The van der Waals surface area contributed by atoms with Crippen LogP contribution in [0, 0.1) is 6.92 Å². The summed E-state index contributed by atoms with van der Waals surface area (Å²) in [6, 6.07) is 3.17. The molecule has 1 unspecified atom stereocenters. The normalized spacial score (nSPS) is 12.8. The molecule has 0 aliphatic rings. The molecule has 1 amide bonds. The Kier molecular flexibility index (Phi) is 5.34. The summed E-state index contributed by atoms with van der Waals surface area (Å²) in [7, 11) is -3.43. The third-order valence-electron chi connectivity index (χ3n) is 3.60. The summed E-state index contributed by atoms with van der Waals surface area (Å²) in [5, 5.41) is 16.6. The lowest BCUT2D eigenvalue weighted by Crippen LogP contribution is -2.24. The summed E-state index contributed by atoms with van der Waals surface area (Å²) in [5.74, 6) is -0.697. The molecule has 9 heteroatoms. The minimum absolute atomic E-state index is 0.0448. The van der Waals surface area contributed by atoms with Gasteiger partial charge in [0.25, 0.3) is 0 Å². The smallest absolute Gasteiger partial charge is 0.249 e. The Hall–Kier alpha value is -1.87. The fourth-order valence-electron chi connectivity index (χ4n) is 1.99. The number of amides is 1. The summed E-state index contributed by atoms with van der Waals surface area (Å²) >= 11 is 3.33. The van der Waals surface area contributed by atoms with E-state index in [4.69, 9.17) is 0 Å². The number of aromatic hydroxyl groups is 1. The molecule has 2 rings (SSSR count). The van der Waals surface area contributed by atoms with E-state index in [1.807, 2.05) is 0 Å². The van der Waals surface area contributed by atoms with Gasteiger partial charge in [-0.2, -0.15) is 5.10 Å². The molecule has 7 nitrogen and oxygen atoms in total. The highest BCUT2D eigenvalue weighted by Gasteiger charge is 2.20. The number of nitrogens with one attached hydrogen (secondary N) is 1. The van der Waals surface area contributed by atoms with E-state index in [-0.39, 0.29) is 22.1 Å². The van der Waals surface area contributed by atoms with Crippen LogP contribution in [0.15, 0.2) is 33.8 Å². The lowest BCUT2D eigenvalue weighted by atomic mass is 10.2. The number of phenols is 1. The van der Waals surface area contributed by atoms with Crippen molar-refractivity contribution in [3.05, 3.63) is 34.6 Å². The van der Waals surface area contributed by atoms with Gasteiger partial charge in [-0.25, -0.2) is 8.42 Å². The lowest BCUT2D eigenvalue weighted by molar-refractivity contribution is -0.119. The zero-order valence-electron chi connectivity index (χ0n) is 13.4. The van der Waals surface area contributed by atoms with Crippen LogP contribution < -0.4 is 5.32 Å². The van der Waals surface area contributed by atoms with Crippen LogP contribution in [0.5, 0.6) is 5.75 Å². The van der Waals surface area contributed by atoms with E-state index in [1.165, 1.54) is 29.8 Å². The van der Waals surface area contributed by atoms with Crippen LogP contribution >= 0.6 is 15.9 Å². The second-order valence-corrected chi connectivity index (χ2v) is 8.42. The van der Waals surface area contributed by atoms with Crippen LogP contribution in [0.2, 0.25) is 0 Å². The molecule has 0 saturated carbocycles. The first-order chi connectivity index (χ1) is 11.2. The largest absolute Gasteiger partial charge is 0.506 e. The number of halogens is 1. The van der Waals surface area contributed by atoms with Crippen LogP contribution in [0.25, 0.3) is 0 Å². The van der Waals surface area contributed by atoms with E-state index in [0.717, 1.165) is 10.2 Å². The summed E-state index contributed by atoms with van der Waals surface area (Å²) in [6.07, 6.45) is 1.68. The quantitative estimate of drug-likeness (QED) is 0.730. The average Bonchev–Trinajstić information content (AvgIpc) is 2.87. The van der Waals surface area contributed by atoms with E-state index in [2.05, 4.69) is 26.3 Å². The number of carbonyl (C=O) groups is 1. The number of aryl methyl sites for hydroxylation is 1. The maximum atomic E-state index is 12.4. The maximum absolute atomic E-state index is 12.4. The SMILES string of the molecule is CCS(=O)(=O)c1ccc(O)c(NC(=O)C(C)n2cc(Br)c(C)n2)c1. The lowest BCUT2D eigenvalue weighted by Gasteiger charge is -2.14. The Morgan fingerprint density at radius 1 is 1.46 bits per heavy atom. The second-order valence-electron chi connectivity index (χ2n) is 5.29. The highest BCUT2D eigenvalue weighted by Crippen LogP contribution is 2.28. The number of hydrogen-bond acceptors (Lipinski definition) is 5. The number of phenolic OH excluding ortho intramolecular Hbond substituents is 1. The van der Waals surface area contributed by atoms with Crippen molar-refractivity contribution < 1.29 is 18.3 Å². The predicted molar refractivity (Wildman–Crippen MR) is 93.8 cm³/mol. The number of aromatic nitrogens is 2. The fraction of sp³-hybridized carbons (Fsp3) is 0.333. The van der Waals surface area contributed by atoms with Crippen LogP contribution in [-0.4, -0.2) is 35.0 Å². The minimum atomic E-state index is -3.43. The third kappa shape index (κ3) is 3.78. The van der Waals surface area contributed by atoms with Gasteiger partial charge in [-0.05, 0) is 48.0 Å². The second kappa shape index (κ2) is 6.94. The highest BCUT2D eigenvalue weighted by atomic mass is 79.9. The van der Waals surface area contributed by atoms with E-state index < -0.39 is 21.8 Å². The Morgan fingerprint density at radius 2 is 2.12 bits per heavy atom. The first-order valence-corrected chi connectivity index (χ1v) is 9.68. The first kappa shape index (κ1) is 18.5. The first-order valence-electron chi connectivity index (χ1n) is 7.23. The van der Waals surface area contributed by atoms with Gasteiger partial charge in [-0.1, -0.05) is 6.92 Å². The van der Waals surface area contributed by atoms with Gasteiger partial charge in [-0.15, -0.1) is 0 Å². The van der Waals surface area contributed by atoms with Gasteiger partial charge >= 0.3 is 0 Å². The summed E-state index contributed by atoms with van der Waals surface area (Å²) in [6.45, 7) is 4.98. The molecular formula is C15H18BrN3O4S. The van der Waals surface area contributed by atoms with E-state index in [1.54, 1.807) is 20.0 Å². The molecule has 1 heterocycles. The molecule has 1 atom stereocenters. The van der Waals surface area contributed by atoms with Crippen molar-refractivity contribution in [2.24, 2.45) is 0 Å². The van der Waals surface area contributed by atoms with Crippen molar-refractivity contribution >= 4 is 37.4 Å². The van der Waals surface area contributed by atoms with Crippen LogP contribution in [0.4, 0.5) is 5.69 Å². The fourth-order valence-corrected chi connectivity index (χ4v) is 3.19. The standard InChI is InChI=1S/C15H18BrN3O4S/c1-4-24(22,23)11-5-6-14(20)13(7-11)17-15(21)10(3)19-8-12(16)9(2)18-19/h5-8,10,20H,4H2,1-3H3,(H,17,21). The van der Waals surface area contributed by atoms with Crippen molar-refractivity contribution in [2.45, 2.75) is 31.7 Å². The van der Waals surface area contributed by atoms with Crippen LogP contribution in [0.1, 0.15) is 25.6 Å². The van der Waals surface area contributed by atoms with Crippen molar-refractivity contribution in [1.29, 1.82) is 0 Å². The minimum Gasteiger partial charge on any atom is -0.506 e. The zero-order chi connectivity index (χ0) is 18.1. The maximum Gasteiger partial charge on any atom is 0.249 e. The topological polar surface area (TPSA) is 101 Å². The molecule has 24 heavy (non-hydrogen) atoms. The zero-order valence-corrected chi connectivity index (χ0v) is 15.8. The average molecular weight is 416 g/mol. The van der Waals surface area contributed by atoms with E-state index in [9.17, 15) is 18.3 Å². The number of nitrogens with zero attached hydrogens (tertiary/aromatic N) is 2. The van der Waals surface area contributed by atoms with Crippen molar-refractivity contribution in [1.82, 2.24) is 9.78 Å². The monoisotopic (exact) mass is 415 g/mol. The van der Waals surface area contributed by atoms with Gasteiger partial charge in [0.1, 0.15) is 11.8 Å². The van der Waals surface area contributed by atoms with Crippen molar-refractivity contribution in [3.8, 4) is 5.75 Å². The number of carbonyl (C=O) groups excluding carboxylic acids is 1. The molecule has 0 aliphatic carbocycles. The van der Waals surface area contributed by atoms with Gasteiger partial charge in [0.15, 0.2) is 9.84 Å². The van der Waals surface area contributed by atoms with Gasteiger partial charge in [0.2, 0.25) is 5.91 Å². The summed E-state index contributed by atoms with van der Waals surface area (Å²) in [5.41, 5.74) is 0.790. The molecule has 2 N–H and O–H groups in total. The Bertz CT molecular complexity index is 857. The predicted octanol–water partition coefficient (Wildman–Crippen LogP) is 2.65. The molecule has 1 aromatic heterocycles.